The summed E-state index contributed by atoms with van der Waals surface area (Å²) in [5.41, 5.74) is 2.37. The lowest BCUT2D eigenvalue weighted by Crippen LogP contribution is -2.12. The Morgan fingerprint density at radius 1 is 1.00 bits per heavy atom. The lowest BCUT2D eigenvalue weighted by molar-refractivity contribution is -0.147. The highest BCUT2D eigenvalue weighted by molar-refractivity contribution is 5.74. The summed E-state index contributed by atoms with van der Waals surface area (Å²) >= 11 is 0. The smallest absolute Gasteiger partial charge is 0.337 e. The van der Waals surface area contributed by atoms with Gasteiger partial charge in [0.25, 0.3) is 0 Å². The predicted molar refractivity (Wildman–Crippen MR) is 68.3 cm³/mol. The van der Waals surface area contributed by atoms with Crippen LogP contribution in [0.1, 0.15) is 22.8 Å². The van der Waals surface area contributed by atoms with Crippen molar-refractivity contribution in [1.29, 1.82) is 0 Å². The summed E-state index contributed by atoms with van der Waals surface area (Å²) in [4.78, 5) is 10.9. The summed E-state index contributed by atoms with van der Waals surface area (Å²) in [6.07, 6.45) is -0.855. The molecule has 3 heteroatoms. The average molecular weight is 242 g/mol. The van der Waals surface area contributed by atoms with Crippen LogP contribution in [-0.4, -0.2) is 16.2 Å². The molecule has 0 spiro atoms. The Kier molecular flexibility index (Phi) is 3.75. The summed E-state index contributed by atoms with van der Waals surface area (Å²) in [5.74, 6) is -1.23. The van der Waals surface area contributed by atoms with Crippen molar-refractivity contribution in [3.63, 3.8) is 0 Å². The molecule has 0 heterocycles. The van der Waals surface area contributed by atoms with Crippen molar-refractivity contribution < 1.29 is 15.0 Å². The van der Waals surface area contributed by atoms with Crippen LogP contribution in [0.3, 0.4) is 0 Å². The van der Waals surface area contributed by atoms with Gasteiger partial charge in [0.2, 0.25) is 0 Å². The Bertz CT molecular complexity index is 534. The molecular weight excluding hydrogens is 228 g/mol. The van der Waals surface area contributed by atoms with E-state index in [1.807, 2.05) is 42.5 Å². The molecule has 0 aliphatic rings. The maximum Gasteiger partial charge on any atom is 0.337 e. The van der Waals surface area contributed by atoms with Crippen LogP contribution in [0.5, 0.6) is 0 Å². The molecule has 2 aromatic carbocycles. The van der Waals surface area contributed by atoms with E-state index in [-0.39, 0.29) is 0 Å². The Morgan fingerprint density at radius 2 is 1.61 bits per heavy atom. The third-order valence-corrected chi connectivity index (χ3v) is 2.82. The van der Waals surface area contributed by atoms with Crippen LogP contribution >= 0.6 is 0 Å². The number of rotatable bonds is 4. The third kappa shape index (κ3) is 2.76. The minimum atomic E-state index is -1.47. The van der Waals surface area contributed by atoms with Gasteiger partial charge in [0.1, 0.15) is 0 Å². The van der Waals surface area contributed by atoms with Crippen LogP contribution in [0.2, 0.25) is 0 Å². The van der Waals surface area contributed by atoms with E-state index in [1.54, 1.807) is 12.1 Å². The zero-order valence-corrected chi connectivity index (χ0v) is 9.78. The molecule has 18 heavy (non-hydrogen) atoms. The molecule has 0 aromatic heterocycles. The number of aliphatic hydroxyl groups is 1. The number of hydrogen-bond acceptors (Lipinski definition) is 2. The largest absolute Gasteiger partial charge is 0.479 e. The first-order chi connectivity index (χ1) is 8.68. The highest BCUT2D eigenvalue weighted by atomic mass is 16.4. The van der Waals surface area contributed by atoms with Crippen molar-refractivity contribution >= 4 is 5.97 Å². The second kappa shape index (κ2) is 5.47. The van der Waals surface area contributed by atoms with Crippen molar-refractivity contribution in [2.45, 2.75) is 12.5 Å². The first-order valence-electron chi connectivity index (χ1n) is 5.71. The minimum Gasteiger partial charge on any atom is -0.479 e. The number of aliphatic hydroxyl groups excluding tert-OH is 1. The molecule has 2 aromatic rings. The highest BCUT2D eigenvalue weighted by Gasteiger charge is 2.18. The Hall–Kier alpha value is -2.13. The number of carboxylic acids is 1. The molecule has 0 aliphatic carbocycles. The first-order valence-corrected chi connectivity index (χ1v) is 5.71. The fourth-order valence-electron chi connectivity index (χ4n) is 1.91. The summed E-state index contributed by atoms with van der Waals surface area (Å²) in [6.45, 7) is 0. The van der Waals surface area contributed by atoms with Gasteiger partial charge in [-0.2, -0.15) is 0 Å². The molecule has 0 fully saturated rings. The molecule has 0 bridgehead atoms. The van der Waals surface area contributed by atoms with E-state index in [0.29, 0.717) is 12.0 Å². The Balaban J connectivity index is 2.31. The van der Waals surface area contributed by atoms with Gasteiger partial charge >= 0.3 is 5.97 Å². The summed E-state index contributed by atoms with van der Waals surface area (Å²) in [6, 6.07) is 16.8. The second-order valence-corrected chi connectivity index (χ2v) is 4.10. The molecule has 0 saturated heterocycles. The third-order valence-electron chi connectivity index (χ3n) is 2.82. The molecular formula is C15H14O3. The second-order valence-electron chi connectivity index (χ2n) is 4.10. The Labute approximate surface area is 105 Å². The van der Waals surface area contributed by atoms with Crippen LogP contribution in [-0.2, 0) is 11.2 Å². The monoisotopic (exact) mass is 242 g/mol. The Morgan fingerprint density at radius 3 is 2.28 bits per heavy atom. The van der Waals surface area contributed by atoms with Gasteiger partial charge in [-0.05, 0) is 23.1 Å². The fraction of sp³-hybridized carbons (Fsp3) is 0.133. The maximum atomic E-state index is 10.9. The molecule has 3 nitrogen and oxygen atoms in total. The highest BCUT2D eigenvalue weighted by Crippen LogP contribution is 2.21. The van der Waals surface area contributed by atoms with E-state index in [9.17, 15) is 9.90 Å². The number of benzene rings is 2. The molecule has 1 atom stereocenters. The van der Waals surface area contributed by atoms with Crippen molar-refractivity contribution in [3.8, 4) is 0 Å². The fourth-order valence-corrected chi connectivity index (χ4v) is 1.91. The standard InChI is InChI=1S/C15H14O3/c16-14(15(17)18)13-9-5-4-8-12(13)10-11-6-2-1-3-7-11/h1-9,14,16H,10H2,(H,17,18). The van der Waals surface area contributed by atoms with Crippen molar-refractivity contribution in [1.82, 2.24) is 0 Å². The van der Waals surface area contributed by atoms with E-state index in [2.05, 4.69) is 0 Å². The van der Waals surface area contributed by atoms with Gasteiger partial charge in [0, 0.05) is 0 Å². The summed E-state index contributed by atoms with van der Waals surface area (Å²) < 4.78 is 0. The number of hydrogen-bond donors (Lipinski definition) is 2. The number of carbonyl (C=O) groups is 1. The minimum absolute atomic E-state index is 0.453. The summed E-state index contributed by atoms with van der Waals surface area (Å²) in [5, 5.41) is 18.5. The van der Waals surface area contributed by atoms with Gasteiger partial charge in [-0.3, -0.25) is 0 Å². The molecule has 0 aliphatic heterocycles. The maximum absolute atomic E-state index is 10.9. The topological polar surface area (TPSA) is 57.5 Å². The van der Waals surface area contributed by atoms with E-state index >= 15 is 0 Å². The zero-order valence-electron chi connectivity index (χ0n) is 9.78. The predicted octanol–water partition coefficient (Wildman–Crippen LogP) is 2.40. The normalized spacial score (nSPS) is 12.1. The SMILES string of the molecule is O=C(O)C(O)c1ccccc1Cc1ccccc1. The van der Waals surface area contributed by atoms with Crippen LogP contribution in [0.4, 0.5) is 0 Å². The molecule has 0 amide bonds. The molecule has 92 valence electrons. The lowest BCUT2D eigenvalue weighted by atomic mass is 9.96. The van der Waals surface area contributed by atoms with E-state index in [0.717, 1.165) is 11.1 Å². The van der Waals surface area contributed by atoms with Gasteiger partial charge in [-0.15, -0.1) is 0 Å². The molecule has 2 N–H and O–H groups in total. The first kappa shape index (κ1) is 12.3. The van der Waals surface area contributed by atoms with Crippen LogP contribution in [0.15, 0.2) is 54.6 Å². The van der Waals surface area contributed by atoms with E-state index in [1.165, 1.54) is 0 Å². The van der Waals surface area contributed by atoms with Gasteiger partial charge in [-0.1, -0.05) is 54.6 Å². The van der Waals surface area contributed by atoms with E-state index in [4.69, 9.17) is 5.11 Å². The average Bonchev–Trinajstić information content (AvgIpc) is 2.39. The summed E-state index contributed by atoms with van der Waals surface area (Å²) in [7, 11) is 0. The van der Waals surface area contributed by atoms with Gasteiger partial charge in [0.05, 0.1) is 0 Å². The van der Waals surface area contributed by atoms with Crippen LogP contribution in [0.25, 0.3) is 0 Å². The van der Waals surface area contributed by atoms with Gasteiger partial charge < -0.3 is 10.2 Å². The number of aliphatic carboxylic acids is 1. The van der Waals surface area contributed by atoms with Crippen LogP contribution < -0.4 is 0 Å². The molecule has 0 saturated carbocycles. The molecule has 2 rings (SSSR count). The number of carboxylic acid groups (broad SMARTS) is 1. The van der Waals surface area contributed by atoms with Crippen molar-refractivity contribution in [2.24, 2.45) is 0 Å². The van der Waals surface area contributed by atoms with E-state index < -0.39 is 12.1 Å². The molecule has 0 radical (unpaired) electrons. The van der Waals surface area contributed by atoms with Crippen LogP contribution in [0, 0.1) is 0 Å². The van der Waals surface area contributed by atoms with Crippen molar-refractivity contribution in [3.05, 3.63) is 71.3 Å². The van der Waals surface area contributed by atoms with Gasteiger partial charge in [0.15, 0.2) is 6.10 Å². The zero-order chi connectivity index (χ0) is 13.0. The van der Waals surface area contributed by atoms with Gasteiger partial charge in [-0.25, -0.2) is 4.79 Å². The lowest BCUT2D eigenvalue weighted by Gasteiger charge is -2.12. The molecule has 1 unspecified atom stereocenters. The van der Waals surface area contributed by atoms with Crippen molar-refractivity contribution in [2.75, 3.05) is 0 Å². The quantitative estimate of drug-likeness (QED) is 0.865.